The first-order chi connectivity index (χ1) is 10.8. The van der Waals surface area contributed by atoms with Crippen LogP contribution in [-0.2, 0) is 0 Å². The van der Waals surface area contributed by atoms with Crippen molar-refractivity contribution in [2.24, 2.45) is 0 Å². The number of imidazole rings is 1. The smallest absolute Gasteiger partial charge is 0.320 e. The Kier molecular flexibility index (Phi) is 2.86. The van der Waals surface area contributed by atoms with E-state index in [0.29, 0.717) is 11.9 Å². The third-order valence-corrected chi connectivity index (χ3v) is 3.36. The quantitative estimate of drug-likeness (QED) is 0.626. The predicted molar refractivity (Wildman–Crippen MR) is 82.9 cm³/mol. The number of benzene rings is 1. The first-order valence-corrected chi connectivity index (χ1v) is 6.91. The van der Waals surface area contributed by atoms with Crippen molar-refractivity contribution in [1.82, 2.24) is 19.6 Å². The minimum Gasteiger partial charge on any atom is -0.401 e. The molecule has 0 bridgehead atoms. The Labute approximate surface area is 126 Å². The predicted octanol–water partition coefficient (Wildman–Crippen LogP) is 3.44. The van der Waals surface area contributed by atoms with Crippen molar-refractivity contribution >= 4 is 17.3 Å². The molecule has 22 heavy (non-hydrogen) atoms. The number of fused-ring (bicyclic) bond motifs is 1. The molecule has 0 aliphatic heterocycles. The van der Waals surface area contributed by atoms with Gasteiger partial charge in [-0.05, 0) is 31.2 Å². The molecule has 1 N–H and O–H groups in total. The summed E-state index contributed by atoms with van der Waals surface area (Å²) in [5.41, 5.74) is 3.41. The molecule has 6 heteroatoms. The fourth-order valence-electron chi connectivity index (χ4n) is 2.39. The van der Waals surface area contributed by atoms with Gasteiger partial charge >= 0.3 is 6.01 Å². The van der Waals surface area contributed by atoms with E-state index in [2.05, 4.69) is 20.5 Å². The molecule has 0 unspecified atom stereocenters. The van der Waals surface area contributed by atoms with Crippen LogP contribution < -0.4 is 5.32 Å². The molecule has 0 saturated carbocycles. The maximum Gasteiger partial charge on any atom is 0.320 e. The van der Waals surface area contributed by atoms with Gasteiger partial charge in [0, 0.05) is 11.9 Å². The van der Waals surface area contributed by atoms with Gasteiger partial charge in [-0.25, -0.2) is 4.98 Å². The van der Waals surface area contributed by atoms with E-state index in [1.807, 2.05) is 66.1 Å². The highest BCUT2D eigenvalue weighted by Gasteiger charge is 2.17. The van der Waals surface area contributed by atoms with E-state index in [0.717, 1.165) is 22.7 Å². The summed E-state index contributed by atoms with van der Waals surface area (Å²) in [5.74, 6) is 0.439. The van der Waals surface area contributed by atoms with Crippen LogP contribution in [0.25, 0.3) is 17.2 Å². The van der Waals surface area contributed by atoms with Crippen molar-refractivity contribution in [1.29, 1.82) is 0 Å². The normalized spacial score (nSPS) is 11.0. The number of hydrogen-bond acceptors (Lipinski definition) is 5. The summed E-state index contributed by atoms with van der Waals surface area (Å²) in [6, 6.07) is 15.9. The van der Waals surface area contributed by atoms with Crippen LogP contribution in [0.1, 0.15) is 5.69 Å². The average molecular weight is 291 g/mol. The largest absolute Gasteiger partial charge is 0.401 e. The van der Waals surface area contributed by atoms with Crippen molar-refractivity contribution in [3.05, 3.63) is 60.4 Å². The van der Waals surface area contributed by atoms with E-state index >= 15 is 0 Å². The lowest BCUT2D eigenvalue weighted by atomic mass is 10.3. The summed E-state index contributed by atoms with van der Waals surface area (Å²) in [6.45, 7) is 1.93. The highest BCUT2D eigenvalue weighted by molar-refractivity contribution is 5.61. The van der Waals surface area contributed by atoms with Gasteiger partial charge in [-0.3, -0.25) is 4.40 Å². The fraction of sp³-hybridized carbons (Fsp3) is 0.0625. The van der Waals surface area contributed by atoms with Gasteiger partial charge in [0.1, 0.15) is 11.3 Å². The van der Waals surface area contributed by atoms with Gasteiger partial charge in [-0.15, -0.1) is 5.10 Å². The molecule has 3 heterocycles. The zero-order valence-electron chi connectivity index (χ0n) is 11.9. The Morgan fingerprint density at radius 1 is 1.00 bits per heavy atom. The van der Waals surface area contributed by atoms with E-state index in [1.54, 1.807) is 0 Å². The van der Waals surface area contributed by atoms with Crippen LogP contribution in [0, 0.1) is 6.92 Å². The average Bonchev–Trinajstić information content (AvgIpc) is 3.11. The molecule has 0 aliphatic carbocycles. The molecule has 0 aliphatic rings. The molecule has 0 fully saturated rings. The number of anilines is 2. The van der Waals surface area contributed by atoms with Gasteiger partial charge in [-0.1, -0.05) is 29.4 Å². The molecule has 3 aromatic heterocycles. The maximum absolute atomic E-state index is 5.73. The molecule has 0 saturated heterocycles. The van der Waals surface area contributed by atoms with Gasteiger partial charge in [0.2, 0.25) is 0 Å². The van der Waals surface area contributed by atoms with Gasteiger partial charge in [0.25, 0.3) is 5.89 Å². The molecule has 0 atom stereocenters. The standard InChI is InChI=1S/C16H13N5O/c1-11-14(21-10-6-5-9-13(21)17-11)15-19-20-16(22-15)18-12-7-3-2-4-8-12/h2-10H,1H3,(H,18,20). The van der Waals surface area contributed by atoms with Crippen molar-refractivity contribution in [2.45, 2.75) is 6.92 Å². The van der Waals surface area contributed by atoms with Crippen molar-refractivity contribution in [3.63, 3.8) is 0 Å². The summed E-state index contributed by atoms with van der Waals surface area (Å²) < 4.78 is 7.67. The van der Waals surface area contributed by atoms with E-state index in [-0.39, 0.29) is 0 Å². The summed E-state index contributed by atoms with van der Waals surface area (Å²) in [4.78, 5) is 4.50. The van der Waals surface area contributed by atoms with Crippen LogP contribution in [0.3, 0.4) is 0 Å². The SMILES string of the molecule is Cc1nc2ccccn2c1-c1nnc(Nc2ccccc2)o1. The first-order valence-electron chi connectivity index (χ1n) is 6.91. The molecule has 1 aromatic carbocycles. The second-order valence-corrected chi connectivity index (χ2v) is 4.88. The molecule has 6 nitrogen and oxygen atoms in total. The minimum atomic E-state index is 0.353. The molecule has 0 spiro atoms. The Bertz CT molecular complexity index is 926. The topological polar surface area (TPSA) is 68.2 Å². The van der Waals surface area contributed by atoms with Crippen molar-refractivity contribution in [3.8, 4) is 11.6 Å². The Balaban J connectivity index is 1.73. The zero-order valence-corrected chi connectivity index (χ0v) is 11.9. The maximum atomic E-state index is 5.73. The van der Waals surface area contributed by atoms with Crippen LogP contribution >= 0.6 is 0 Å². The molecule has 4 aromatic rings. The number of nitrogens with one attached hydrogen (secondary N) is 1. The fourth-order valence-corrected chi connectivity index (χ4v) is 2.39. The third kappa shape index (κ3) is 2.10. The van der Waals surface area contributed by atoms with Crippen molar-refractivity contribution < 1.29 is 4.42 Å². The summed E-state index contributed by atoms with van der Waals surface area (Å²) >= 11 is 0. The summed E-state index contributed by atoms with van der Waals surface area (Å²) in [6.07, 6.45) is 1.93. The van der Waals surface area contributed by atoms with E-state index < -0.39 is 0 Å². The monoisotopic (exact) mass is 291 g/mol. The van der Waals surface area contributed by atoms with Crippen LogP contribution in [0.4, 0.5) is 11.7 Å². The Morgan fingerprint density at radius 2 is 1.82 bits per heavy atom. The van der Waals surface area contributed by atoms with E-state index in [9.17, 15) is 0 Å². The lowest BCUT2D eigenvalue weighted by Gasteiger charge is -1.99. The third-order valence-electron chi connectivity index (χ3n) is 3.36. The highest BCUT2D eigenvalue weighted by atomic mass is 16.4. The van der Waals surface area contributed by atoms with Gasteiger partial charge in [0.15, 0.2) is 0 Å². The molecular formula is C16H13N5O. The summed E-state index contributed by atoms with van der Waals surface area (Å²) in [5, 5.41) is 11.3. The highest BCUT2D eigenvalue weighted by Crippen LogP contribution is 2.25. The number of aryl methyl sites for hydroxylation is 1. The number of aromatic nitrogens is 4. The number of para-hydroxylation sites is 1. The van der Waals surface area contributed by atoms with Crippen LogP contribution in [0.2, 0.25) is 0 Å². The molecule has 0 amide bonds. The van der Waals surface area contributed by atoms with Gasteiger partial charge < -0.3 is 9.73 Å². The zero-order chi connectivity index (χ0) is 14.9. The first kappa shape index (κ1) is 12.6. The number of rotatable bonds is 3. The second-order valence-electron chi connectivity index (χ2n) is 4.88. The summed E-state index contributed by atoms with van der Waals surface area (Å²) in [7, 11) is 0. The van der Waals surface area contributed by atoms with Crippen molar-refractivity contribution in [2.75, 3.05) is 5.32 Å². The van der Waals surface area contributed by atoms with Crippen LogP contribution in [0.5, 0.6) is 0 Å². The second kappa shape index (κ2) is 5.00. The Hall–Kier alpha value is -3.15. The number of nitrogens with zero attached hydrogens (tertiary/aromatic N) is 4. The lowest BCUT2D eigenvalue weighted by molar-refractivity contribution is 0.584. The molecular weight excluding hydrogens is 278 g/mol. The lowest BCUT2D eigenvalue weighted by Crippen LogP contribution is -1.89. The molecule has 4 rings (SSSR count). The van der Waals surface area contributed by atoms with Crippen LogP contribution in [0.15, 0.2) is 59.1 Å². The van der Waals surface area contributed by atoms with E-state index in [1.165, 1.54) is 0 Å². The van der Waals surface area contributed by atoms with Gasteiger partial charge in [-0.2, -0.15) is 0 Å². The van der Waals surface area contributed by atoms with Gasteiger partial charge in [0.05, 0.1) is 5.69 Å². The van der Waals surface area contributed by atoms with Crippen LogP contribution in [-0.4, -0.2) is 19.6 Å². The number of hydrogen-bond donors (Lipinski definition) is 1. The number of pyridine rings is 1. The Morgan fingerprint density at radius 3 is 2.68 bits per heavy atom. The minimum absolute atomic E-state index is 0.353. The molecule has 108 valence electrons. The molecule has 0 radical (unpaired) electrons. The van der Waals surface area contributed by atoms with E-state index in [4.69, 9.17) is 4.42 Å².